The molecule has 0 heterocycles. The molecule has 0 aliphatic carbocycles. The highest BCUT2D eigenvalue weighted by atomic mass is 79.9. The van der Waals surface area contributed by atoms with E-state index >= 15 is 0 Å². The molecule has 0 unspecified atom stereocenters. The number of carbonyl (C=O) groups excluding carboxylic acids is 3. The molecular weight excluding hydrogens is 450 g/mol. The lowest BCUT2D eigenvalue weighted by Gasteiger charge is -2.13. The molecule has 3 N–H and O–H groups in total. The van der Waals surface area contributed by atoms with Gasteiger partial charge in [0.05, 0.1) is 0 Å². The van der Waals surface area contributed by atoms with Crippen LogP contribution in [0.25, 0.3) is 0 Å². The summed E-state index contributed by atoms with van der Waals surface area (Å²) in [6, 6.07) is 9.40. The summed E-state index contributed by atoms with van der Waals surface area (Å²) in [5, 5.41) is 2.75. The van der Waals surface area contributed by atoms with Gasteiger partial charge in [-0.2, -0.15) is 0 Å². The number of hydrogen-bond acceptors (Lipinski definition) is 4. The average molecular weight is 476 g/mol. The zero-order valence-electron chi connectivity index (χ0n) is 17.5. The van der Waals surface area contributed by atoms with Crippen molar-refractivity contribution < 1.29 is 19.1 Å². The Hall–Kier alpha value is -2.87. The van der Waals surface area contributed by atoms with Crippen LogP contribution in [-0.2, 0) is 14.4 Å². The number of hydrogen-bond donors (Lipinski definition) is 3. The first kappa shape index (κ1) is 23.4. The third-order valence-electron chi connectivity index (χ3n) is 4.48. The molecule has 0 saturated carbocycles. The van der Waals surface area contributed by atoms with Crippen molar-refractivity contribution in [3.8, 4) is 5.75 Å². The second-order valence-electron chi connectivity index (χ2n) is 7.10. The third kappa shape index (κ3) is 7.18. The highest BCUT2D eigenvalue weighted by Crippen LogP contribution is 2.27. The van der Waals surface area contributed by atoms with Gasteiger partial charge in [-0.1, -0.05) is 22.0 Å². The summed E-state index contributed by atoms with van der Waals surface area (Å²) in [4.78, 5) is 35.8. The largest absolute Gasteiger partial charge is 0.483 e. The summed E-state index contributed by atoms with van der Waals surface area (Å²) >= 11 is 3.41. The number of hydrazine groups is 1. The molecule has 30 heavy (non-hydrogen) atoms. The summed E-state index contributed by atoms with van der Waals surface area (Å²) in [7, 11) is 0. The molecule has 7 nitrogen and oxygen atoms in total. The lowest BCUT2D eigenvalue weighted by atomic mass is 10.1. The SMILES string of the molecule is Cc1ccc(NC(=O)CCC(=O)NNC(=O)COc2c(C)cc(Br)cc2C)cc1C. The standard InChI is InChI=1S/C22H26BrN3O4/c1-13-5-6-18(11-14(13)2)24-19(27)7-8-20(28)25-26-21(29)12-30-22-15(3)9-17(23)10-16(22)4/h5-6,9-11H,7-8,12H2,1-4H3,(H,24,27)(H,25,28)(H,26,29). The van der Waals surface area contributed by atoms with Crippen LogP contribution in [-0.4, -0.2) is 24.3 Å². The Labute approximate surface area is 184 Å². The molecule has 0 atom stereocenters. The van der Waals surface area contributed by atoms with E-state index in [9.17, 15) is 14.4 Å². The highest BCUT2D eigenvalue weighted by molar-refractivity contribution is 9.10. The van der Waals surface area contributed by atoms with Gasteiger partial charge in [0.15, 0.2) is 6.61 Å². The first-order chi connectivity index (χ1) is 14.2. The Morgan fingerprint density at radius 3 is 2.03 bits per heavy atom. The lowest BCUT2D eigenvalue weighted by Crippen LogP contribution is -2.44. The van der Waals surface area contributed by atoms with Gasteiger partial charge in [0.1, 0.15) is 5.75 Å². The maximum atomic E-state index is 12.0. The first-order valence-electron chi connectivity index (χ1n) is 9.50. The molecule has 0 saturated heterocycles. The van der Waals surface area contributed by atoms with E-state index in [0.717, 1.165) is 26.7 Å². The fraction of sp³-hybridized carbons (Fsp3) is 0.318. The number of anilines is 1. The minimum atomic E-state index is -0.496. The van der Waals surface area contributed by atoms with Crippen LogP contribution in [0.5, 0.6) is 5.75 Å². The molecule has 2 rings (SSSR count). The molecule has 160 valence electrons. The summed E-state index contributed by atoms with van der Waals surface area (Å²) in [6.07, 6.45) is -0.0504. The van der Waals surface area contributed by atoms with E-state index in [1.165, 1.54) is 0 Å². The zero-order chi connectivity index (χ0) is 22.3. The van der Waals surface area contributed by atoms with Gasteiger partial charge in [-0.25, -0.2) is 0 Å². The average Bonchev–Trinajstić information content (AvgIpc) is 2.66. The third-order valence-corrected chi connectivity index (χ3v) is 4.94. The molecule has 0 spiro atoms. The predicted molar refractivity (Wildman–Crippen MR) is 119 cm³/mol. The van der Waals surface area contributed by atoms with Crippen LogP contribution < -0.4 is 20.9 Å². The van der Waals surface area contributed by atoms with E-state index in [1.54, 1.807) is 0 Å². The van der Waals surface area contributed by atoms with Gasteiger partial charge in [0.25, 0.3) is 5.91 Å². The number of rotatable bonds is 7. The number of ether oxygens (including phenoxy) is 1. The molecule has 8 heteroatoms. The molecule has 3 amide bonds. The van der Waals surface area contributed by atoms with Crippen LogP contribution in [0, 0.1) is 27.7 Å². The number of amides is 3. The van der Waals surface area contributed by atoms with Gasteiger partial charge in [0.2, 0.25) is 11.8 Å². The molecule has 0 radical (unpaired) electrons. The van der Waals surface area contributed by atoms with E-state index in [4.69, 9.17) is 4.74 Å². The van der Waals surface area contributed by atoms with Crippen molar-refractivity contribution in [2.75, 3.05) is 11.9 Å². The molecule has 2 aromatic rings. The summed E-state index contributed by atoms with van der Waals surface area (Å²) in [5.41, 5.74) is 9.26. The number of halogens is 1. The van der Waals surface area contributed by atoms with Gasteiger partial charge < -0.3 is 10.1 Å². The van der Waals surface area contributed by atoms with Crippen LogP contribution in [0.3, 0.4) is 0 Å². The van der Waals surface area contributed by atoms with E-state index in [-0.39, 0.29) is 25.4 Å². The van der Waals surface area contributed by atoms with Crippen molar-refractivity contribution in [1.29, 1.82) is 0 Å². The monoisotopic (exact) mass is 475 g/mol. The number of nitrogens with one attached hydrogen (secondary N) is 3. The second-order valence-corrected chi connectivity index (χ2v) is 8.02. The normalized spacial score (nSPS) is 10.3. The minimum Gasteiger partial charge on any atom is -0.483 e. The quantitative estimate of drug-likeness (QED) is 0.532. The van der Waals surface area contributed by atoms with Crippen molar-refractivity contribution in [2.24, 2.45) is 0 Å². The van der Waals surface area contributed by atoms with Gasteiger partial charge in [-0.05, 0) is 74.2 Å². The Balaban J connectivity index is 1.70. The van der Waals surface area contributed by atoms with Crippen LogP contribution in [0.15, 0.2) is 34.8 Å². The van der Waals surface area contributed by atoms with Crippen LogP contribution >= 0.6 is 15.9 Å². The smallest absolute Gasteiger partial charge is 0.276 e. The first-order valence-corrected chi connectivity index (χ1v) is 10.3. The van der Waals surface area contributed by atoms with Gasteiger partial charge >= 0.3 is 0 Å². The molecule has 0 aliphatic rings. The Morgan fingerprint density at radius 2 is 1.40 bits per heavy atom. The van der Waals surface area contributed by atoms with Crippen LogP contribution in [0.1, 0.15) is 35.1 Å². The van der Waals surface area contributed by atoms with E-state index in [0.29, 0.717) is 11.4 Å². The molecule has 2 aromatic carbocycles. The van der Waals surface area contributed by atoms with E-state index < -0.39 is 11.8 Å². The fourth-order valence-electron chi connectivity index (χ4n) is 2.77. The lowest BCUT2D eigenvalue weighted by molar-refractivity contribution is -0.130. The van der Waals surface area contributed by atoms with Gasteiger partial charge in [-0.3, -0.25) is 25.2 Å². The van der Waals surface area contributed by atoms with E-state index in [2.05, 4.69) is 32.1 Å². The molecule has 0 bridgehead atoms. The van der Waals surface area contributed by atoms with E-state index in [1.807, 2.05) is 58.0 Å². The summed E-state index contributed by atoms with van der Waals surface area (Å²) in [6.45, 7) is 7.48. The molecule has 0 fully saturated rings. The van der Waals surface area contributed by atoms with Crippen LogP contribution in [0.4, 0.5) is 5.69 Å². The maximum Gasteiger partial charge on any atom is 0.276 e. The summed E-state index contributed by atoms with van der Waals surface area (Å²) < 4.78 is 6.48. The summed E-state index contributed by atoms with van der Waals surface area (Å²) in [5.74, 6) is -0.605. The topological polar surface area (TPSA) is 96.5 Å². The van der Waals surface area contributed by atoms with Crippen molar-refractivity contribution >= 4 is 39.3 Å². The Morgan fingerprint density at radius 1 is 0.800 bits per heavy atom. The number of benzene rings is 2. The predicted octanol–water partition coefficient (Wildman–Crippen LogP) is 3.63. The molecule has 0 aliphatic heterocycles. The Kier molecular flexibility index (Phi) is 8.41. The number of aryl methyl sites for hydroxylation is 4. The molecule has 0 aromatic heterocycles. The molecular formula is C22H26BrN3O4. The fourth-order valence-corrected chi connectivity index (χ4v) is 3.46. The second kappa shape index (κ2) is 10.8. The highest BCUT2D eigenvalue weighted by Gasteiger charge is 2.11. The number of carbonyl (C=O) groups is 3. The Bertz CT molecular complexity index is 936. The van der Waals surface area contributed by atoms with Crippen molar-refractivity contribution in [1.82, 2.24) is 10.9 Å². The maximum absolute atomic E-state index is 12.0. The zero-order valence-corrected chi connectivity index (χ0v) is 19.1. The van der Waals surface area contributed by atoms with Crippen molar-refractivity contribution in [2.45, 2.75) is 40.5 Å². The minimum absolute atomic E-state index is 0.00239. The van der Waals surface area contributed by atoms with Gasteiger partial charge in [-0.15, -0.1) is 0 Å². The van der Waals surface area contributed by atoms with Crippen LogP contribution in [0.2, 0.25) is 0 Å². The van der Waals surface area contributed by atoms with Crippen molar-refractivity contribution in [3.05, 3.63) is 57.1 Å². The van der Waals surface area contributed by atoms with Gasteiger partial charge in [0, 0.05) is 23.0 Å². The van der Waals surface area contributed by atoms with Crippen molar-refractivity contribution in [3.63, 3.8) is 0 Å².